The van der Waals surface area contributed by atoms with Crippen molar-refractivity contribution in [2.75, 3.05) is 58.9 Å². The number of carbonyl (C=O) groups is 3. The zero-order valence-electron chi connectivity index (χ0n) is 59.9. The lowest BCUT2D eigenvalue weighted by Gasteiger charge is -2.18. The minimum atomic E-state index is -4.51. The number of nitrogens with zero attached hydrogens (tertiary/aromatic N) is 18. The fourth-order valence-corrected chi connectivity index (χ4v) is 18.1. The average molecular weight is 1610 g/mol. The van der Waals surface area contributed by atoms with E-state index in [0.29, 0.717) is 70.2 Å². The zero-order valence-corrected chi connectivity index (χ0v) is 62.4. The zero-order chi connectivity index (χ0) is 79.6. The van der Waals surface area contributed by atoms with Gasteiger partial charge in [0.05, 0.1) is 49.8 Å². The van der Waals surface area contributed by atoms with E-state index >= 15 is 0 Å². The smallest absolute Gasteiger partial charge is 0.329 e. The number of aromatic nitrogens is 15. The summed E-state index contributed by atoms with van der Waals surface area (Å²) in [6.07, 6.45) is -3.06. The van der Waals surface area contributed by atoms with Crippen molar-refractivity contribution in [2.24, 2.45) is 17.8 Å². The number of alkyl halides is 9. The molecule has 588 valence electrons. The molecule has 12 aromatic rings. The normalized spacial score (nSPS) is 18.7. The van der Waals surface area contributed by atoms with Gasteiger partial charge < -0.3 is 30.7 Å². The van der Waals surface area contributed by atoms with Gasteiger partial charge in [-0.05, 0) is 93.1 Å². The highest BCUT2D eigenvalue weighted by Crippen LogP contribution is 2.40. The van der Waals surface area contributed by atoms with Crippen LogP contribution in [0.3, 0.4) is 0 Å². The Bertz CT molecular complexity index is 5300. The number of rotatable bonds is 15. The van der Waals surface area contributed by atoms with Gasteiger partial charge in [-0.15, -0.1) is 30.6 Å². The first-order valence-corrected chi connectivity index (χ1v) is 39.2. The number of fused-ring (bicyclic) bond motifs is 9. The lowest BCUT2D eigenvalue weighted by Crippen LogP contribution is -2.42. The maximum atomic E-state index is 13.3. The molecule has 42 heteroatoms. The fraction of sp³-hybridized carbons (Fsp3) is 0.391. The minimum Gasteiger partial charge on any atom is -0.329 e. The first-order chi connectivity index (χ1) is 52.5. The summed E-state index contributed by atoms with van der Waals surface area (Å²) in [5.41, 5.74) is 5.87. The van der Waals surface area contributed by atoms with E-state index in [0.717, 1.165) is 28.6 Å². The highest BCUT2D eigenvalue weighted by atomic mass is 32.2. The van der Waals surface area contributed by atoms with Gasteiger partial charge in [-0.3, -0.25) is 13.2 Å². The number of nitrogens with one attached hydrogen (secondary N) is 3. The Morgan fingerprint density at radius 1 is 0.378 bits per heavy atom. The van der Waals surface area contributed by atoms with Crippen LogP contribution in [-0.4, -0.2) is 206 Å². The average Bonchev–Trinajstić information content (AvgIpc) is 1.61. The van der Waals surface area contributed by atoms with Crippen molar-refractivity contribution in [1.29, 1.82) is 0 Å². The molecular formula is C69H72F9N21O9S3. The Balaban J connectivity index is 0.000000146. The summed E-state index contributed by atoms with van der Waals surface area (Å²) < 4.78 is 202. The van der Waals surface area contributed by atoms with Gasteiger partial charge in [0.15, 0.2) is 33.9 Å². The number of amides is 6. The van der Waals surface area contributed by atoms with E-state index in [1.807, 2.05) is 57.5 Å². The predicted molar refractivity (Wildman–Crippen MR) is 383 cm³/mol. The summed E-state index contributed by atoms with van der Waals surface area (Å²) in [6.45, 7) is 8.37. The van der Waals surface area contributed by atoms with Crippen LogP contribution in [0.25, 0.3) is 50.4 Å². The number of hydrogen-bond donors (Lipinski definition) is 3. The number of likely N-dealkylation sites (tertiary alicyclic amines) is 3. The molecular weight excluding hydrogens is 1530 g/mol. The second-order valence-electron chi connectivity index (χ2n) is 27.3. The van der Waals surface area contributed by atoms with Crippen molar-refractivity contribution in [2.45, 2.75) is 112 Å². The lowest BCUT2D eigenvalue weighted by molar-refractivity contribution is -0.123. The first kappa shape index (κ1) is 78.1. The van der Waals surface area contributed by atoms with E-state index < -0.39 is 86.3 Å². The van der Waals surface area contributed by atoms with Crippen molar-refractivity contribution in [3.63, 3.8) is 0 Å². The van der Waals surface area contributed by atoms with Crippen LogP contribution >= 0.6 is 0 Å². The second kappa shape index (κ2) is 30.0. The Morgan fingerprint density at radius 2 is 0.622 bits per heavy atom. The molecule has 0 saturated carbocycles. The predicted octanol–water partition coefficient (Wildman–Crippen LogP) is 9.97. The van der Waals surface area contributed by atoms with Crippen LogP contribution < -0.4 is 16.0 Å². The van der Waals surface area contributed by atoms with Crippen LogP contribution in [0, 0.1) is 38.5 Å². The Labute approximate surface area is 626 Å². The molecule has 3 aromatic carbocycles. The fourth-order valence-electron chi connectivity index (χ4n) is 14.2. The Hall–Kier alpha value is -11.0. The number of urea groups is 3. The molecule has 3 N–H and O–H groups in total. The van der Waals surface area contributed by atoms with E-state index in [2.05, 4.69) is 45.5 Å². The van der Waals surface area contributed by atoms with Crippen molar-refractivity contribution < 1.29 is 79.2 Å². The van der Waals surface area contributed by atoms with Gasteiger partial charge in [0.2, 0.25) is 0 Å². The van der Waals surface area contributed by atoms with Crippen LogP contribution in [0.15, 0.2) is 143 Å². The number of halogens is 9. The van der Waals surface area contributed by atoms with Crippen molar-refractivity contribution in [3.8, 4) is 0 Å². The summed E-state index contributed by atoms with van der Waals surface area (Å²) in [5.74, 6) is 0.280. The van der Waals surface area contributed by atoms with E-state index in [1.54, 1.807) is 67.8 Å². The van der Waals surface area contributed by atoms with Crippen LogP contribution in [0.1, 0.15) is 92.0 Å². The van der Waals surface area contributed by atoms with E-state index in [-0.39, 0.29) is 106 Å². The molecule has 30 nitrogen and oxygen atoms in total. The third kappa shape index (κ3) is 15.6. The number of benzene rings is 3. The molecule has 9 aromatic heterocycles. The maximum absolute atomic E-state index is 13.3. The molecule has 0 bridgehead atoms. The van der Waals surface area contributed by atoms with Gasteiger partial charge in [0.1, 0.15) is 37.1 Å². The molecule has 0 aliphatic carbocycles. The van der Waals surface area contributed by atoms with E-state index in [1.165, 1.54) is 88.3 Å². The van der Waals surface area contributed by atoms with Crippen LogP contribution in [-0.2, 0) is 30.1 Å². The van der Waals surface area contributed by atoms with Crippen LogP contribution in [0.4, 0.5) is 53.9 Å². The molecule has 6 amide bonds. The largest absolute Gasteiger partial charge is 0.405 e. The molecule has 2 unspecified atom stereocenters. The van der Waals surface area contributed by atoms with Gasteiger partial charge in [-0.2, -0.15) is 39.5 Å². The summed E-state index contributed by atoms with van der Waals surface area (Å²) in [5, 5.41) is 31.3. The minimum absolute atomic E-state index is 0.0781. The molecule has 6 atom stereocenters. The lowest BCUT2D eigenvalue weighted by atomic mass is 9.93. The van der Waals surface area contributed by atoms with E-state index in [9.17, 15) is 79.2 Å². The Kier molecular flexibility index (Phi) is 21.1. The molecule has 3 saturated heterocycles. The third-order valence-electron chi connectivity index (χ3n) is 20.0. The Morgan fingerprint density at radius 3 is 0.847 bits per heavy atom. The maximum Gasteiger partial charge on any atom is 0.405 e. The quantitative estimate of drug-likeness (QED) is 0.0803. The topological polar surface area (TPSA) is 343 Å². The van der Waals surface area contributed by atoms with Crippen molar-refractivity contribution in [1.82, 2.24) is 101 Å². The molecule has 0 spiro atoms. The number of aryl methyl sites for hydroxylation is 3. The molecule has 3 fully saturated rings. The van der Waals surface area contributed by atoms with Gasteiger partial charge in [-0.25, -0.2) is 66.5 Å². The second-order valence-corrected chi connectivity index (χ2v) is 32.8. The highest BCUT2D eigenvalue weighted by molar-refractivity contribution is 7.90. The van der Waals surface area contributed by atoms with Crippen LogP contribution in [0.2, 0.25) is 0 Å². The first-order valence-electron chi connectivity index (χ1n) is 34.9. The number of carbonyl (C=O) groups excluding carboxylic acids is 3. The molecule has 3 aliphatic heterocycles. The molecule has 111 heavy (non-hydrogen) atoms. The SMILES string of the molecule is CCC1CN(C(=O)NCC(F)(F)F)CC1c1nnc2cnc3c(ccn3S(=O)(=O)c3ccc(C)cc3)n12.CC[C@@H]1CN(C(=O)NCC(F)(F)F)C[C@@H]1c1nnc2cnc3c(ccn3S(=O)(=O)c3ccc(C)cc3)n12.CC[C@H]1CN(C(=O)NCC(F)(F)F)C[C@H]1c1nnc2cnc3c(ccn3S(=O)(=O)c3ccc(C)cc3)n12. The standard InChI is InChI=1S/3C23H24F3N7O3S/c3*1-3-15-11-31(22(34)28-13-23(24,25)26)12-17(15)20-30-29-19-10-27-21-18(33(19)20)8-9-32(21)37(35,36)16-6-4-14(2)5-7-16/h3*4-10,15,17H,3,11-13H2,1-2H3,(H,28,34)/t2*15-,17+;/m10./s1. The summed E-state index contributed by atoms with van der Waals surface area (Å²) in [7, 11) is -11.8. The number of hydrogen-bond acceptors (Lipinski definition) is 18. The van der Waals surface area contributed by atoms with Gasteiger partial charge in [0, 0.05) is 75.6 Å². The van der Waals surface area contributed by atoms with Crippen molar-refractivity contribution in [3.05, 3.63) is 162 Å². The molecule has 15 rings (SSSR count). The summed E-state index contributed by atoms with van der Waals surface area (Å²) in [4.78, 5) is 54.6. The van der Waals surface area contributed by atoms with Crippen molar-refractivity contribution >= 4 is 98.6 Å². The highest BCUT2D eigenvalue weighted by Gasteiger charge is 2.43. The van der Waals surface area contributed by atoms with Gasteiger partial charge in [-0.1, -0.05) is 93.1 Å². The summed E-state index contributed by atoms with van der Waals surface area (Å²) >= 11 is 0. The molecule has 3 aliphatic rings. The molecule has 12 heterocycles. The molecule has 0 radical (unpaired) electrons. The summed E-state index contributed by atoms with van der Waals surface area (Å²) in [6, 6.07) is 21.9. The van der Waals surface area contributed by atoms with Crippen LogP contribution in [0.5, 0.6) is 0 Å². The van der Waals surface area contributed by atoms with Gasteiger partial charge in [0.25, 0.3) is 30.1 Å². The van der Waals surface area contributed by atoms with E-state index in [4.69, 9.17) is 0 Å². The third-order valence-corrected chi connectivity index (χ3v) is 25.0. The monoisotopic (exact) mass is 1610 g/mol. The van der Waals surface area contributed by atoms with Gasteiger partial charge >= 0.3 is 36.6 Å².